The van der Waals surface area contributed by atoms with E-state index in [1.807, 2.05) is 4.90 Å². The molecule has 1 amide bonds. The van der Waals surface area contributed by atoms with E-state index in [2.05, 4.69) is 25.8 Å². The number of carbonyl (C=O) groups is 1. The lowest BCUT2D eigenvalue weighted by atomic mass is 10.0. The molecule has 3 heteroatoms. The summed E-state index contributed by atoms with van der Waals surface area (Å²) >= 11 is 0. The second-order valence-electron chi connectivity index (χ2n) is 4.16. The first-order valence-corrected chi connectivity index (χ1v) is 5.06. The van der Waals surface area contributed by atoms with Crippen molar-refractivity contribution in [2.45, 2.75) is 38.8 Å². The molecular formula is C10H20N2O. The molecule has 0 aromatic rings. The van der Waals surface area contributed by atoms with Gasteiger partial charge in [-0.1, -0.05) is 0 Å². The van der Waals surface area contributed by atoms with Crippen LogP contribution in [0.3, 0.4) is 0 Å². The Kier molecular flexibility index (Phi) is 3.72. The van der Waals surface area contributed by atoms with Crippen LogP contribution < -0.4 is 0 Å². The Balaban J connectivity index is 2.45. The van der Waals surface area contributed by atoms with Gasteiger partial charge in [0, 0.05) is 25.2 Å². The molecule has 3 nitrogen and oxygen atoms in total. The third kappa shape index (κ3) is 2.69. The average molecular weight is 184 g/mol. The van der Waals surface area contributed by atoms with Gasteiger partial charge < -0.3 is 4.90 Å². The number of amides is 1. The van der Waals surface area contributed by atoms with Crippen LogP contribution in [0.5, 0.6) is 0 Å². The summed E-state index contributed by atoms with van der Waals surface area (Å²) in [5.74, 6) is 0. The number of nitrogens with zero attached hydrogens (tertiary/aromatic N) is 2. The quantitative estimate of drug-likeness (QED) is 0.610. The summed E-state index contributed by atoms with van der Waals surface area (Å²) in [5.41, 5.74) is 0. The number of rotatable bonds is 3. The molecule has 0 bridgehead atoms. The standard InChI is InChI=1S/C10H20N2O/c1-9(2)11(3)10-5-4-6-12(7-10)8-13/h8-10H,4-7H2,1-3H3. The SMILES string of the molecule is CC(C)N(C)C1CCCN(C=O)C1. The zero-order chi connectivity index (χ0) is 9.84. The lowest BCUT2D eigenvalue weighted by Crippen LogP contribution is -2.48. The normalized spacial score (nSPS) is 24.1. The Labute approximate surface area is 80.7 Å². The highest BCUT2D eigenvalue weighted by Gasteiger charge is 2.23. The highest BCUT2D eigenvalue weighted by Crippen LogP contribution is 2.15. The Morgan fingerprint density at radius 1 is 1.54 bits per heavy atom. The molecule has 0 aromatic carbocycles. The maximum atomic E-state index is 10.6. The van der Waals surface area contributed by atoms with Crippen LogP contribution in [0, 0.1) is 0 Å². The van der Waals surface area contributed by atoms with Gasteiger partial charge in [-0.3, -0.25) is 9.69 Å². The minimum Gasteiger partial charge on any atom is -0.344 e. The molecule has 1 rings (SSSR count). The van der Waals surface area contributed by atoms with E-state index in [-0.39, 0.29) is 0 Å². The van der Waals surface area contributed by atoms with Crippen LogP contribution in [0.4, 0.5) is 0 Å². The average Bonchev–Trinajstić information content (AvgIpc) is 2.16. The van der Waals surface area contributed by atoms with Gasteiger partial charge in [0.1, 0.15) is 0 Å². The molecule has 0 N–H and O–H groups in total. The molecule has 1 aliphatic rings. The molecule has 13 heavy (non-hydrogen) atoms. The molecule has 0 aromatic heterocycles. The number of hydrogen-bond donors (Lipinski definition) is 0. The molecule has 1 fully saturated rings. The molecular weight excluding hydrogens is 164 g/mol. The van der Waals surface area contributed by atoms with Crippen molar-refractivity contribution in [2.24, 2.45) is 0 Å². The van der Waals surface area contributed by atoms with Crippen LogP contribution in [-0.2, 0) is 4.79 Å². The zero-order valence-corrected chi connectivity index (χ0v) is 8.86. The van der Waals surface area contributed by atoms with E-state index in [1.54, 1.807) is 0 Å². The lowest BCUT2D eigenvalue weighted by Gasteiger charge is -2.37. The van der Waals surface area contributed by atoms with Crippen molar-refractivity contribution in [3.8, 4) is 0 Å². The Morgan fingerprint density at radius 2 is 2.23 bits per heavy atom. The van der Waals surface area contributed by atoms with E-state index in [0.29, 0.717) is 12.1 Å². The highest BCUT2D eigenvalue weighted by molar-refractivity contribution is 5.47. The van der Waals surface area contributed by atoms with Crippen molar-refractivity contribution < 1.29 is 4.79 Å². The van der Waals surface area contributed by atoms with Crippen LogP contribution in [0.15, 0.2) is 0 Å². The number of piperidine rings is 1. The van der Waals surface area contributed by atoms with E-state index in [9.17, 15) is 4.79 Å². The summed E-state index contributed by atoms with van der Waals surface area (Å²) in [6.07, 6.45) is 3.33. The van der Waals surface area contributed by atoms with Crippen molar-refractivity contribution in [1.82, 2.24) is 9.80 Å². The molecule has 1 saturated heterocycles. The van der Waals surface area contributed by atoms with Crippen molar-refractivity contribution in [2.75, 3.05) is 20.1 Å². The van der Waals surface area contributed by atoms with Crippen molar-refractivity contribution in [1.29, 1.82) is 0 Å². The fraction of sp³-hybridized carbons (Fsp3) is 0.900. The van der Waals surface area contributed by atoms with E-state index in [1.165, 1.54) is 6.42 Å². The topological polar surface area (TPSA) is 23.6 Å². The fourth-order valence-electron chi connectivity index (χ4n) is 1.83. The van der Waals surface area contributed by atoms with E-state index in [4.69, 9.17) is 0 Å². The summed E-state index contributed by atoms with van der Waals surface area (Å²) in [6, 6.07) is 1.12. The minimum absolute atomic E-state index is 0.555. The molecule has 76 valence electrons. The monoisotopic (exact) mass is 184 g/mol. The molecule has 0 aliphatic carbocycles. The van der Waals surface area contributed by atoms with Crippen molar-refractivity contribution in [3.63, 3.8) is 0 Å². The first-order chi connectivity index (χ1) is 6.15. The highest BCUT2D eigenvalue weighted by atomic mass is 16.1. The third-order valence-electron chi connectivity index (χ3n) is 2.97. The van der Waals surface area contributed by atoms with Crippen LogP contribution in [-0.4, -0.2) is 48.4 Å². The van der Waals surface area contributed by atoms with Gasteiger partial charge in [0.2, 0.25) is 6.41 Å². The predicted molar refractivity (Wildman–Crippen MR) is 53.6 cm³/mol. The Morgan fingerprint density at radius 3 is 2.77 bits per heavy atom. The van der Waals surface area contributed by atoms with E-state index in [0.717, 1.165) is 25.9 Å². The third-order valence-corrected chi connectivity index (χ3v) is 2.97. The lowest BCUT2D eigenvalue weighted by molar-refractivity contribution is -0.120. The summed E-state index contributed by atoms with van der Waals surface area (Å²) < 4.78 is 0. The smallest absolute Gasteiger partial charge is 0.209 e. The summed E-state index contributed by atoms with van der Waals surface area (Å²) in [6.45, 7) is 6.23. The van der Waals surface area contributed by atoms with E-state index < -0.39 is 0 Å². The fourth-order valence-corrected chi connectivity index (χ4v) is 1.83. The van der Waals surface area contributed by atoms with Crippen LogP contribution in [0.1, 0.15) is 26.7 Å². The van der Waals surface area contributed by atoms with Crippen molar-refractivity contribution >= 4 is 6.41 Å². The first kappa shape index (κ1) is 10.5. The predicted octanol–water partition coefficient (Wildman–Crippen LogP) is 0.947. The van der Waals surface area contributed by atoms with Gasteiger partial charge in [0.05, 0.1) is 0 Å². The van der Waals surface area contributed by atoms with E-state index >= 15 is 0 Å². The zero-order valence-electron chi connectivity index (χ0n) is 8.86. The second-order valence-corrected chi connectivity index (χ2v) is 4.16. The van der Waals surface area contributed by atoms with Gasteiger partial charge in [-0.05, 0) is 33.7 Å². The molecule has 0 saturated carbocycles. The maximum Gasteiger partial charge on any atom is 0.209 e. The number of hydrogen-bond acceptors (Lipinski definition) is 2. The van der Waals surface area contributed by atoms with Gasteiger partial charge >= 0.3 is 0 Å². The first-order valence-electron chi connectivity index (χ1n) is 5.06. The van der Waals surface area contributed by atoms with Crippen molar-refractivity contribution in [3.05, 3.63) is 0 Å². The molecule has 1 unspecified atom stereocenters. The van der Waals surface area contributed by atoms with Gasteiger partial charge in [0.25, 0.3) is 0 Å². The summed E-state index contributed by atoms with van der Waals surface area (Å²) in [4.78, 5) is 14.8. The van der Waals surface area contributed by atoms with Gasteiger partial charge in [-0.15, -0.1) is 0 Å². The van der Waals surface area contributed by atoms with Gasteiger partial charge in [0.15, 0.2) is 0 Å². The molecule has 0 spiro atoms. The number of likely N-dealkylation sites (N-methyl/N-ethyl adjacent to an activating group) is 1. The molecule has 1 atom stereocenters. The van der Waals surface area contributed by atoms with Crippen LogP contribution >= 0.6 is 0 Å². The largest absolute Gasteiger partial charge is 0.344 e. The molecule has 1 aliphatic heterocycles. The Hall–Kier alpha value is -0.570. The van der Waals surface area contributed by atoms with Crippen LogP contribution in [0.2, 0.25) is 0 Å². The molecule has 0 radical (unpaired) electrons. The van der Waals surface area contributed by atoms with Gasteiger partial charge in [-0.25, -0.2) is 0 Å². The van der Waals surface area contributed by atoms with Gasteiger partial charge in [-0.2, -0.15) is 0 Å². The van der Waals surface area contributed by atoms with Crippen LogP contribution in [0.25, 0.3) is 0 Å². The molecule has 1 heterocycles. The minimum atomic E-state index is 0.555. The number of likely N-dealkylation sites (tertiary alicyclic amines) is 1. The summed E-state index contributed by atoms with van der Waals surface area (Å²) in [7, 11) is 2.14. The number of carbonyl (C=O) groups excluding carboxylic acids is 1. The summed E-state index contributed by atoms with van der Waals surface area (Å²) in [5, 5.41) is 0. The maximum absolute atomic E-state index is 10.6. The second kappa shape index (κ2) is 4.61. The Bertz CT molecular complexity index is 170.